The predicted octanol–water partition coefficient (Wildman–Crippen LogP) is 1.67. The van der Waals surface area contributed by atoms with Crippen molar-refractivity contribution in [1.29, 1.82) is 5.26 Å². The summed E-state index contributed by atoms with van der Waals surface area (Å²) >= 11 is 0. The zero-order chi connectivity index (χ0) is 12.4. The lowest BCUT2D eigenvalue weighted by molar-refractivity contribution is -0.0759. The first-order valence-electron chi connectivity index (χ1n) is 5.00. The number of H-pyrrole nitrogens is 1. The summed E-state index contributed by atoms with van der Waals surface area (Å²) in [7, 11) is 2.96. The minimum Gasteiger partial charge on any atom is -0.350 e. The number of nitrogens with zero attached hydrogens (tertiary/aromatic N) is 2. The predicted molar refractivity (Wildman–Crippen MR) is 62.1 cm³/mol. The molecule has 0 radical (unpaired) electrons. The number of hydroxylamine groups is 2. The van der Waals surface area contributed by atoms with Gasteiger partial charge in [0.1, 0.15) is 5.69 Å². The summed E-state index contributed by atoms with van der Waals surface area (Å²) in [6.45, 7) is 0. The summed E-state index contributed by atoms with van der Waals surface area (Å²) in [5, 5.41) is 10.8. The molecule has 1 heterocycles. The van der Waals surface area contributed by atoms with E-state index in [0.29, 0.717) is 11.3 Å². The van der Waals surface area contributed by atoms with Gasteiger partial charge in [0.25, 0.3) is 5.91 Å². The van der Waals surface area contributed by atoms with Crippen molar-refractivity contribution in [1.82, 2.24) is 10.0 Å². The van der Waals surface area contributed by atoms with Crippen LogP contribution in [0.3, 0.4) is 0 Å². The number of carbonyl (C=O) groups excluding carboxylic acids is 1. The van der Waals surface area contributed by atoms with Crippen LogP contribution in [0, 0.1) is 11.3 Å². The SMILES string of the molecule is CON(C)C(=O)c1cc2ccc(C#N)cc2[nH]1. The molecule has 0 bridgehead atoms. The van der Waals surface area contributed by atoms with E-state index in [1.165, 1.54) is 14.2 Å². The smallest absolute Gasteiger partial charge is 0.293 e. The van der Waals surface area contributed by atoms with Gasteiger partial charge >= 0.3 is 0 Å². The first-order chi connectivity index (χ1) is 8.15. The molecule has 2 rings (SSSR count). The zero-order valence-corrected chi connectivity index (χ0v) is 9.52. The van der Waals surface area contributed by atoms with Crippen LogP contribution in [0.4, 0.5) is 0 Å². The number of nitrogens with one attached hydrogen (secondary N) is 1. The van der Waals surface area contributed by atoms with Gasteiger partial charge in [-0.3, -0.25) is 9.63 Å². The Labute approximate surface area is 98.2 Å². The second-order valence-electron chi connectivity index (χ2n) is 3.58. The maximum absolute atomic E-state index is 11.8. The highest BCUT2D eigenvalue weighted by Crippen LogP contribution is 2.17. The first kappa shape index (κ1) is 11.2. The van der Waals surface area contributed by atoms with E-state index in [2.05, 4.69) is 11.1 Å². The lowest BCUT2D eigenvalue weighted by Gasteiger charge is -2.11. The number of hydrogen-bond acceptors (Lipinski definition) is 3. The molecule has 0 saturated carbocycles. The molecule has 1 N–H and O–H groups in total. The number of nitriles is 1. The van der Waals surface area contributed by atoms with Crippen LogP contribution in [0.25, 0.3) is 10.9 Å². The maximum Gasteiger partial charge on any atom is 0.293 e. The molecule has 1 aromatic heterocycles. The fraction of sp³-hybridized carbons (Fsp3) is 0.167. The fourth-order valence-corrected chi connectivity index (χ4v) is 1.56. The van der Waals surface area contributed by atoms with Crippen LogP contribution < -0.4 is 0 Å². The topological polar surface area (TPSA) is 69.1 Å². The van der Waals surface area contributed by atoms with E-state index in [0.717, 1.165) is 16.0 Å². The minimum absolute atomic E-state index is 0.262. The van der Waals surface area contributed by atoms with Crippen molar-refractivity contribution >= 4 is 16.8 Å². The third-order valence-electron chi connectivity index (χ3n) is 2.54. The van der Waals surface area contributed by atoms with Gasteiger partial charge in [-0.2, -0.15) is 5.26 Å². The van der Waals surface area contributed by atoms with Gasteiger partial charge in [0.05, 0.1) is 18.7 Å². The standard InChI is InChI=1S/C12H11N3O2/c1-15(17-2)12(16)11-6-9-4-3-8(7-13)5-10(9)14-11/h3-6,14H,1-2H3. The van der Waals surface area contributed by atoms with E-state index in [9.17, 15) is 4.79 Å². The molecular weight excluding hydrogens is 218 g/mol. The summed E-state index contributed by atoms with van der Waals surface area (Å²) in [5.74, 6) is -0.262. The number of hydrogen-bond donors (Lipinski definition) is 1. The van der Waals surface area contributed by atoms with Gasteiger partial charge in [0.2, 0.25) is 0 Å². The Morgan fingerprint density at radius 2 is 2.24 bits per heavy atom. The Kier molecular flexibility index (Phi) is 2.81. The highest BCUT2D eigenvalue weighted by molar-refractivity contribution is 5.97. The number of amides is 1. The van der Waals surface area contributed by atoms with Crippen molar-refractivity contribution < 1.29 is 9.63 Å². The fourth-order valence-electron chi connectivity index (χ4n) is 1.56. The van der Waals surface area contributed by atoms with Crippen molar-refractivity contribution in [2.24, 2.45) is 0 Å². The highest BCUT2D eigenvalue weighted by Gasteiger charge is 2.14. The monoisotopic (exact) mass is 229 g/mol. The molecule has 0 aliphatic carbocycles. The van der Waals surface area contributed by atoms with Crippen molar-refractivity contribution in [2.45, 2.75) is 0 Å². The van der Waals surface area contributed by atoms with Crippen molar-refractivity contribution in [2.75, 3.05) is 14.2 Å². The Hall–Kier alpha value is -2.32. The van der Waals surface area contributed by atoms with E-state index < -0.39 is 0 Å². The van der Waals surface area contributed by atoms with Crippen LogP contribution in [-0.4, -0.2) is 30.1 Å². The van der Waals surface area contributed by atoms with Gasteiger partial charge in [0, 0.05) is 18.0 Å². The number of aromatic amines is 1. The van der Waals surface area contributed by atoms with Gasteiger partial charge < -0.3 is 4.98 Å². The summed E-state index contributed by atoms with van der Waals surface area (Å²) in [4.78, 5) is 19.6. The number of fused-ring (bicyclic) bond motifs is 1. The van der Waals surface area contributed by atoms with Gasteiger partial charge in [-0.25, -0.2) is 5.06 Å². The largest absolute Gasteiger partial charge is 0.350 e. The second-order valence-corrected chi connectivity index (χ2v) is 3.58. The molecule has 86 valence electrons. The summed E-state index contributed by atoms with van der Waals surface area (Å²) < 4.78 is 0. The number of carbonyl (C=O) groups is 1. The van der Waals surface area contributed by atoms with Crippen LogP contribution in [0.1, 0.15) is 16.1 Å². The molecule has 5 nitrogen and oxygen atoms in total. The van der Waals surface area contributed by atoms with Gasteiger partial charge in [-0.15, -0.1) is 0 Å². The molecule has 17 heavy (non-hydrogen) atoms. The quantitative estimate of drug-likeness (QED) is 0.796. The molecule has 0 aliphatic heterocycles. The van der Waals surface area contributed by atoms with E-state index >= 15 is 0 Å². The van der Waals surface area contributed by atoms with E-state index in [1.807, 2.05) is 0 Å². The minimum atomic E-state index is -0.262. The molecule has 0 atom stereocenters. The number of aromatic nitrogens is 1. The molecule has 0 spiro atoms. The lowest BCUT2D eigenvalue weighted by atomic mass is 10.2. The molecule has 5 heteroatoms. The van der Waals surface area contributed by atoms with E-state index in [-0.39, 0.29) is 5.91 Å². The molecule has 1 amide bonds. The molecule has 0 fully saturated rings. The van der Waals surface area contributed by atoms with Crippen LogP contribution >= 0.6 is 0 Å². The Morgan fingerprint density at radius 1 is 1.47 bits per heavy atom. The molecule has 0 aliphatic rings. The highest BCUT2D eigenvalue weighted by atomic mass is 16.7. The average Bonchev–Trinajstić information content (AvgIpc) is 2.79. The third-order valence-corrected chi connectivity index (χ3v) is 2.54. The number of rotatable bonds is 2. The zero-order valence-electron chi connectivity index (χ0n) is 9.52. The average molecular weight is 229 g/mol. The van der Waals surface area contributed by atoms with Crippen molar-refractivity contribution in [3.05, 3.63) is 35.5 Å². The molecule has 2 aromatic rings. The summed E-state index contributed by atoms with van der Waals surface area (Å²) in [6.07, 6.45) is 0. The molecule has 0 saturated heterocycles. The Balaban J connectivity index is 2.45. The van der Waals surface area contributed by atoms with Crippen LogP contribution in [0.15, 0.2) is 24.3 Å². The van der Waals surface area contributed by atoms with E-state index in [4.69, 9.17) is 10.1 Å². The van der Waals surface area contributed by atoms with Crippen molar-refractivity contribution in [3.63, 3.8) is 0 Å². The third kappa shape index (κ3) is 1.98. The second kappa shape index (κ2) is 4.28. The maximum atomic E-state index is 11.8. The van der Waals surface area contributed by atoms with Gasteiger partial charge in [-0.05, 0) is 18.2 Å². The lowest BCUT2D eigenvalue weighted by Crippen LogP contribution is -2.25. The molecule has 0 unspecified atom stereocenters. The first-order valence-corrected chi connectivity index (χ1v) is 5.00. The Morgan fingerprint density at radius 3 is 2.88 bits per heavy atom. The van der Waals surface area contributed by atoms with Gasteiger partial charge in [0.15, 0.2) is 0 Å². The summed E-state index contributed by atoms with van der Waals surface area (Å²) in [5.41, 5.74) is 1.75. The van der Waals surface area contributed by atoms with Crippen LogP contribution in [0.2, 0.25) is 0 Å². The Bertz CT molecular complexity index is 610. The van der Waals surface area contributed by atoms with Gasteiger partial charge in [-0.1, -0.05) is 6.07 Å². The van der Waals surface area contributed by atoms with Crippen LogP contribution in [0.5, 0.6) is 0 Å². The van der Waals surface area contributed by atoms with E-state index in [1.54, 1.807) is 24.3 Å². The molecule has 1 aromatic carbocycles. The van der Waals surface area contributed by atoms with Crippen LogP contribution in [-0.2, 0) is 4.84 Å². The number of benzene rings is 1. The molecular formula is C12H11N3O2. The summed E-state index contributed by atoms with van der Waals surface area (Å²) in [6, 6.07) is 9.00. The van der Waals surface area contributed by atoms with Crippen molar-refractivity contribution in [3.8, 4) is 6.07 Å². The normalized spacial score (nSPS) is 10.2.